The van der Waals surface area contributed by atoms with Crippen molar-refractivity contribution in [1.82, 2.24) is 5.32 Å². The first-order chi connectivity index (χ1) is 10.5. The summed E-state index contributed by atoms with van der Waals surface area (Å²) in [6.45, 7) is 4.18. The third-order valence-corrected chi connectivity index (χ3v) is 4.78. The first kappa shape index (κ1) is 16.5. The van der Waals surface area contributed by atoms with Gasteiger partial charge >= 0.3 is 5.97 Å². The molecule has 0 radical (unpaired) electrons. The van der Waals surface area contributed by atoms with Crippen LogP contribution in [0.1, 0.15) is 51.0 Å². The number of carbonyl (C=O) groups is 2. The van der Waals surface area contributed by atoms with Crippen molar-refractivity contribution in [2.24, 2.45) is 11.8 Å². The molecule has 0 heterocycles. The van der Waals surface area contributed by atoms with E-state index in [1.165, 1.54) is 0 Å². The van der Waals surface area contributed by atoms with Crippen LogP contribution in [0.5, 0.6) is 0 Å². The number of carboxylic acid groups (broad SMARTS) is 1. The van der Waals surface area contributed by atoms with Gasteiger partial charge in [-0.3, -0.25) is 9.59 Å². The number of aliphatic carboxylic acids is 1. The molecule has 1 aliphatic rings. The van der Waals surface area contributed by atoms with Gasteiger partial charge in [-0.2, -0.15) is 0 Å². The number of benzene rings is 1. The number of carbonyl (C=O) groups excluding carboxylic acids is 1. The predicted molar refractivity (Wildman–Crippen MR) is 85.5 cm³/mol. The molecule has 2 N–H and O–H groups in total. The van der Waals surface area contributed by atoms with Gasteiger partial charge in [-0.15, -0.1) is 0 Å². The van der Waals surface area contributed by atoms with Crippen LogP contribution in [0, 0.1) is 11.8 Å². The summed E-state index contributed by atoms with van der Waals surface area (Å²) in [4.78, 5) is 23.7. The fraction of sp³-hybridized carbons (Fsp3) is 0.556. The molecule has 1 fully saturated rings. The highest BCUT2D eigenvalue weighted by Crippen LogP contribution is 2.30. The Balaban J connectivity index is 2.06. The number of carboxylic acids is 1. The summed E-state index contributed by atoms with van der Waals surface area (Å²) in [5, 5.41) is 12.1. The van der Waals surface area contributed by atoms with E-state index >= 15 is 0 Å². The second-order valence-electron chi connectivity index (χ2n) is 6.33. The number of rotatable bonds is 6. The molecule has 0 aromatic heterocycles. The van der Waals surface area contributed by atoms with Crippen LogP contribution in [-0.4, -0.2) is 23.0 Å². The first-order valence-corrected chi connectivity index (χ1v) is 8.11. The summed E-state index contributed by atoms with van der Waals surface area (Å²) >= 11 is 0. The monoisotopic (exact) mass is 303 g/mol. The van der Waals surface area contributed by atoms with Crippen LogP contribution in [-0.2, 0) is 9.59 Å². The minimum Gasteiger partial charge on any atom is -0.481 e. The third kappa shape index (κ3) is 3.87. The van der Waals surface area contributed by atoms with Crippen molar-refractivity contribution in [2.45, 2.75) is 51.5 Å². The van der Waals surface area contributed by atoms with Crippen molar-refractivity contribution < 1.29 is 14.7 Å². The van der Waals surface area contributed by atoms with E-state index in [9.17, 15) is 9.59 Å². The maximum atomic E-state index is 12.7. The van der Waals surface area contributed by atoms with Crippen LogP contribution in [0.25, 0.3) is 0 Å². The summed E-state index contributed by atoms with van der Waals surface area (Å²) in [6, 6.07) is 9.82. The summed E-state index contributed by atoms with van der Waals surface area (Å²) < 4.78 is 0. The topological polar surface area (TPSA) is 66.4 Å². The lowest BCUT2D eigenvalue weighted by Crippen LogP contribution is -2.38. The maximum absolute atomic E-state index is 12.7. The smallest absolute Gasteiger partial charge is 0.306 e. The molecule has 0 bridgehead atoms. The molecule has 2 unspecified atom stereocenters. The average Bonchev–Trinajstić information content (AvgIpc) is 2.97. The molecule has 0 aliphatic heterocycles. The van der Waals surface area contributed by atoms with Crippen molar-refractivity contribution >= 4 is 11.9 Å². The van der Waals surface area contributed by atoms with E-state index in [4.69, 9.17) is 5.11 Å². The van der Waals surface area contributed by atoms with Gasteiger partial charge in [0.25, 0.3) is 0 Å². The Morgan fingerprint density at radius 3 is 2.50 bits per heavy atom. The van der Waals surface area contributed by atoms with Crippen LogP contribution < -0.4 is 5.32 Å². The van der Waals surface area contributed by atoms with E-state index in [0.29, 0.717) is 12.8 Å². The van der Waals surface area contributed by atoms with Crippen molar-refractivity contribution in [3.8, 4) is 0 Å². The predicted octanol–water partition coefficient (Wildman–Crippen LogP) is 3.19. The normalized spacial score (nSPS) is 23.7. The molecule has 4 atom stereocenters. The van der Waals surface area contributed by atoms with Crippen LogP contribution in [0.4, 0.5) is 0 Å². The lowest BCUT2D eigenvalue weighted by Gasteiger charge is -2.25. The minimum absolute atomic E-state index is 0.0103. The minimum atomic E-state index is -0.752. The molecule has 2 rings (SSSR count). The zero-order chi connectivity index (χ0) is 16.1. The zero-order valence-electron chi connectivity index (χ0n) is 13.3. The Morgan fingerprint density at radius 1 is 1.27 bits per heavy atom. The standard InChI is InChI=1S/C18H25NO3/c1-3-12(2)16(13-7-5-4-6-8-13)17(20)19-15-10-9-14(11-15)18(21)22/h4-8,12,14-16H,3,9-11H2,1-2H3,(H,19,20)(H,21,22)/t12?,14-,15+,16?/m1/s1. The highest BCUT2D eigenvalue weighted by molar-refractivity contribution is 5.84. The Labute approximate surface area is 131 Å². The second kappa shape index (κ2) is 7.43. The lowest BCUT2D eigenvalue weighted by atomic mass is 9.84. The molecule has 1 saturated carbocycles. The van der Waals surface area contributed by atoms with E-state index in [2.05, 4.69) is 19.2 Å². The Hall–Kier alpha value is -1.84. The molecule has 1 aromatic rings. The second-order valence-corrected chi connectivity index (χ2v) is 6.33. The van der Waals surface area contributed by atoms with Gasteiger partial charge in [0.15, 0.2) is 0 Å². The summed E-state index contributed by atoms with van der Waals surface area (Å²) in [5.74, 6) is -0.965. The van der Waals surface area contributed by atoms with Gasteiger partial charge in [0.05, 0.1) is 11.8 Å². The lowest BCUT2D eigenvalue weighted by molar-refractivity contribution is -0.141. The third-order valence-electron chi connectivity index (χ3n) is 4.78. The fourth-order valence-electron chi connectivity index (χ4n) is 3.26. The number of amides is 1. The van der Waals surface area contributed by atoms with Gasteiger partial charge in [0.2, 0.25) is 5.91 Å². The van der Waals surface area contributed by atoms with Gasteiger partial charge in [-0.1, -0.05) is 50.6 Å². The number of hydrogen-bond acceptors (Lipinski definition) is 2. The van der Waals surface area contributed by atoms with Gasteiger partial charge in [0.1, 0.15) is 0 Å². The van der Waals surface area contributed by atoms with E-state index < -0.39 is 5.97 Å². The fourth-order valence-corrected chi connectivity index (χ4v) is 3.26. The molecular weight excluding hydrogens is 278 g/mol. The van der Waals surface area contributed by atoms with Crippen LogP contribution in [0.3, 0.4) is 0 Å². The van der Waals surface area contributed by atoms with Gasteiger partial charge in [-0.25, -0.2) is 0 Å². The Bertz CT molecular complexity index is 514. The molecule has 0 spiro atoms. The quantitative estimate of drug-likeness (QED) is 0.848. The van der Waals surface area contributed by atoms with Crippen molar-refractivity contribution in [3.63, 3.8) is 0 Å². The van der Waals surface area contributed by atoms with Crippen LogP contribution in [0.15, 0.2) is 30.3 Å². The molecule has 4 nitrogen and oxygen atoms in total. The molecule has 120 valence electrons. The Morgan fingerprint density at radius 2 is 1.95 bits per heavy atom. The van der Waals surface area contributed by atoms with E-state index in [-0.39, 0.29) is 29.7 Å². The number of hydrogen-bond donors (Lipinski definition) is 2. The number of nitrogens with one attached hydrogen (secondary N) is 1. The van der Waals surface area contributed by atoms with E-state index in [1.54, 1.807) is 0 Å². The molecule has 22 heavy (non-hydrogen) atoms. The molecular formula is C18H25NO3. The SMILES string of the molecule is CCC(C)C(C(=O)N[C@H]1CC[C@@H](C(=O)O)C1)c1ccccc1. The maximum Gasteiger partial charge on any atom is 0.306 e. The summed E-state index contributed by atoms with van der Waals surface area (Å²) in [7, 11) is 0. The molecule has 1 amide bonds. The first-order valence-electron chi connectivity index (χ1n) is 8.11. The van der Waals surface area contributed by atoms with Gasteiger partial charge < -0.3 is 10.4 Å². The molecule has 1 aromatic carbocycles. The molecule has 1 aliphatic carbocycles. The van der Waals surface area contributed by atoms with Crippen LogP contribution >= 0.6 is 0 Å². The highest BCUT2D eigenvalue weighted by Gasteiger charge is 2.33. The highest BCUT2D eigenvalue weighted by atomic mass is 16.4. The van der Waals surface area contributed by atoms with Crippen LogP contribution in [0.2, 0.25) is 0 Å². The largest absolute Gasteiger partial charge is 0.481 e. The van der Waals surface area contributed by atoms with Gasteiger partial charge in [-0.05, 0) is 30.7 Å². The zero-order valence-corrected chi connectivity index (χ0v) is 13.3. The Kier molecular flexibility index (Phi) is 5.58. The van der Waals surface area contributed by atoms with E-state index in [1.807, 2.05) is 30.3 Å². The van der Waals surface area contributed by atoms with E-state index in [0.717, 1.165) is 18.4 Å². The average molecular weight is 303 g/mol. The van der Waals surface area contributed by atoms with Crippen molar-refractivity contribution in [1.29, 1.82) is 0 Å². The summed E-state index contributed by atoms with van der Waals surface area (Å²) in [6.07, 6.45) is 2.88. The van der Waals surface area contributed by atoms with Crippen molar-refractivity contribution in [2.75, 3.05) is 0 Å². The van der Waals surface area contributed by atoms with Gasteiger partial charge in [0, 0.05) is 6.04 Å². The van der Waals surface area contributed by atoms with Crippen molar-refractivity contribution in [3.05, 3.63) is 35.9 Å². The summed E-state index contributed by atoms with van der Waals surface area (Å²) in [5.41, 5.74) is 1.03. The molecule has 4 heteroatoms. The molecule has 0 saturated heterocycles.